The summed E-state index contributed by atoms with van der Waals surface area (Å²) in [5.41, 5.74) is 2.45. The molecule has 3 heterocycles. The van der Waals surface area contributed by atoms with Crippen LogP contribution in [-0.4, -0.2) is 29.1 Å². The van der Waals surface area contributed by atoms with E-state index in [0.29, 0.717) is 23.0 Å². The number of amides is 1. The minimum atomic E-state index is -0.194. The van der Waals surface area contributed by atoms with Gasteiger partial charge in [-0.15, -0.1) is 0 Å². The van der Waals surface area contributed by atoms with Crippen LogP contribution in [0.5, 0.6) is 0 Å². The highest BCUT2D eigenvalue weighted by molar-refractivity contribution is 6.04. The average Bonchev–Trinajstić information content (AvgIpc) is 3.35. The van der Waals surface area contributed by atoms with Crippen molar-refractivity contribution in [3.05, 3.63) is 60.0 Å². The zero-order valence-corrected chi connectivity index (χ0v) is 15.1. The first kappa shape index (κ1) is 17.1. The van der Waals surface area contributed by atoms with E-state index < -0.39 is 0 Å². The summed E-state index contributed by atoms with van der Waals surface area (Å²) in [6.45, 7) is 4.02. The van der Waals surface area contributed by atoms with Crippen LogP contribution in [-0.2, 0) is 0 Å². The minimum absolute atomic E-state index is 0.194. The Morgan fingerprint density at radius 1 is 1.07 bits per heavy atom. The van der Waals surface area contributed by atoms with Crippen LogP contribution >= 0.6 is 0 Å². The first-order valence-electron chi connectivity index (χ1n) is 9.00. The summed E-state index contributed by atoms with van der Waals surface area (Å²) >= 11 is 0. The maximum Gasteiger partial charge on any atom is 0.257 e. The van der Waals surface area contributed by atoms with Gasteiger partial charge in [-0.1, -0.05) is 5.16 Å². The second-order valence-electron chi connectivity index (χ2n) is 6.58. The van der Waals surface area contributed by atoms with Crippen LogP contribution in [0, 0.1) is 6.92 Å². The molecule has 7 nitrogen and oxygen atoms in total. The predicted octanol–water partition coefficient (Wildman–Crippen LogP) is 3.97. The number of hydrogen-bond acceptors (Lipinski definition) is 6. The first-order chi connectivity index (χ1) is 13.2. The summed E-state index contributed by atoms with van der Waals surface area (Å²) in [6.07, 6.45) is 4.02. The maximum absolute atomic E-state index is 12.4. The fraction of sp³-hybridized carbons (Fsp3) is 0.250. The summed E-state index contributed by atoms with van der Waals surface area (Å²) in [6, 6.07) is 13.2. The molecule has 1 saturated heterocycles. The number of aromatic nitrogens is 2. The van der Waals surface area contributed by atoms with Gasteiger partial charge in [0.25, 0.3) is 5.91 Å². The molecule has 1 aliphatic heterocycles. The number of pyridine rings is 1. The van der Waals surface area contributed by atoms with Gasteiger partial charge in [-0.2, -0.15) is 0 Å². The maximum atomic E-state index is 12.4. The number of rotatable bonds is 5. The number of anilines is 4. The molecule has 0 aliphatic carbocycles. The summed E-state index contributed by atoms with van der Waals surface area (Å²) in [5.74, 6) is 1.69. The van der Waals surface area contributed by atoms with Gasteiger partial charge in [0.05, 0.1) is 5.56 Å². The van der Waals surface area contributed by atoms with Crippen LogP contribution in [0.3, 0.4) is 0 Å². The normalized spacial score (nSPS) is 13.6. The van der Waals surface area contributed by atoms with E-state index in [1.165, 1.54) is 24.7 Å². The van der Waals surface area contributed by atoms with E-state index in [0.717, 1.165) is 18.8 Å². The van der Waals surface area contributed by atoms with Gasteiger partial charge in [0, 0.05) is 36.7 Å². The van der Waals surface area contributed by atoms with Gasteiger partial charge < -0.3 is 20.1 Å². The van der Waals surface area contributed by atoms with Crippen molar-refractivity contribution in [2.24, 2.45) is 0 Å². The average molecular weight is 363 g/mol. The molecule has 4 rings (SSSR count). The van der Waals surface area contributed by atoms with E-state index in [-0.39, 0.29) is 5.91 Å². The molecular weight excluding hydrogens is 342 g/mol. The smallest absolute Gasteiger partial charge is 0.257 e. The lowest BCUT2D eigenvalue weighted by molar-refractivity contribution is 0.102. The molecule has 0 radical (unpaired) electrons. The molecule has 1 aromatic carbocycles. The van der Waals surface area contributed by atoms with Crippen LogP contribution in [0.1, 0.15) is 29.0 Å². The van der Waals surface area contributed by atoms with Crippen LogP contribution in [0.4, 0.5) is 23.0 Å². The van der Waals surface area contributed by atoms with Crippen molar-refractivity contribution >= 4 is 28.9 Å². The minimum Gasteiger partial charge on any atom is -0.372 e. The molecule has 7 heteroatoms. The molecular formula is C20H21N5O2. The lowest BCUT2D eigenvalue weighted by Gasteiger charge is -2.17. The Balaban J connectivity index is 1.37. The van der Waals surface area contributed by atoms with Gasteiger partial charge in [0.1, 0.15) is 11.6 Å². The Morgan fingerprint density at radius 3 is 2.48 bits per heavy atom. The Labute approximate surface area is 157 Å². The third-order valence-corrected chi connectivity index (χ3v) is 4.51. The third kappa shape index (κ3) is 4.08. The predicted molar refractivity (Wildman–Crippen MR) is 105 cm³/mol. The third-order valence-electron chi connectivity index (χ3n) is 4.51. The van der Waals surface area contributed by atoms with Crippen molar-refractivity contribution in [2.45, 2.75) is 19.8 Å². The van der Waals surface area contributed by atoms with Gasteiger partial charge in [-0.25, -0.2) is 4.98 Å². The van der Waals surface area contributed by atoms with Crippen molar-refractivity contribution < 1.29 is 9.32 Å². The SMILES string of the molecule is Cc1cc(Nc2ccc(C(=O)Nc3ccc(N4CCCC4)cc3)cn2)no1. The van der Waals surface area contributed by atoms with E-state index >= 15 is 0 Å². The van der Waals surface area contributed by atoms with E-state index in [1.807, 2.05) is 31.2 Å². The molecule has 1 fully saturated rings. The summed E-state index contributed by atoms with van der Waals surface area (Å²) in [5, 5.41) is 9.78. The van der Waals surface area contributed by atoms with E-state index in [4.69, 9.17) is 4.52 Å². The number of benzene rings is 1. The number of aryl methyl sites for hydroxylation is 1. The Morgan fingerprint density at radius 2 is 1.85 bits per heavy atom. The molecule has 2 N–H and O–H groups in total. The van der Waals surface area contributed by atoms with Crippen LogP contribution in [0.25, 0.3) is 0 Å². The van der Waals surface area contributed by atoms with Gasteiger partial charge in [0.2, 0.25) is 0 Å². The highest BCUT2D eigenvalue weighted by atomic mass is 16.5. The van der Waals surface area contributed by atoms with E-state index in [1.54, 1.807) is 18.2 Å². The van der Waals surface area contributed by atoms with Crippen molar-refractivity contribution in [3.63, 3.8) is 0 Å². The van der Waals surface area contributed by atoms with Gasteiger partial charge in [-0.3, -0.25) is 4.79 Å². The fourth-order valence-corrected chi connectivity index (χ4v) is 3.09. The summed E-state index contributed by atoms with van der Waals surface area (Å²) in [4.78, 5) is 19.0. The van der Waals surface area contributed by atoms with Gasteiger partial charge in [-0.05, 0) is 56.2 Å². The highest BCUT2D eigenvalue weighted by Gasteiger charge is 2.12. The Bertz CT molecular complexity index is 912. The second kappa shape index (κ2) is 7.49. The molecule has 0 spiro atoms. The first-order valence-corrected chi connectivity index (χ1v) is 9.00. The zero-order valence-electron chi connectivity index (χ0n) is 15.1. The van der Waals surface area contributed by atoms with Crippen molar-refractivity contribution in [2.75, 3.05) is 28.6 Å². The Kier molecular flexibility index (Phi) is 4.74. The lowest BCUT2D eigenvalue weighted by atomic mass is 10.2. The molecule has 0 atom stereocenters. The molecule has 2 aromatic heterocycles. The topological polar surface area (TPSA) is 83.3 Å². The van der Waals surface area contributed by atoms with E-state index in [9.17, 15) is 4.79 Å². The monoisotopic (exact) mass is 363 g/mol. The van der Waals surface area contributed by atoms with Crippen molar-refractivity contribution in [1.29, 1.82) is 0 Å². The number of carbonyl (C=O) groups excluding carboxylic acids is 1. The largest absolute Gasteiger partial charge is 0.372 e. The molecule has 0 unspecified atom stereocenters. The summed E-state index contributed by atoms with van der Waals surface area (Å²) < 4.78 is 5.00. The van der Waals surface area contributed by atoms with Crippen LogP contribution in [0.15, 0.2) is 53.2 Å². The zero-order chi connectivity index (χ0) is 18.6. The highest BCUT2D eigenvalue weighted by Crippen LogP contribution is 2.22. The number of hydrogen-bond donors (Lipinski definition) is 2. The Hall–Kier alpha value is -3.35. The summed E-state index contributed by atoms with van der Waals surface area (Å²) in [7, 11) is 0. The number of nitrogens with one attached hydrogen (secondary N) is 2. The van der Waals surface area contributed by atoms with E-state index in [2.05, 4.69) is 25.7 Å². The fourth-order valence-electron chi connectivity index (χ4n) is 3.09. The number of nitrogens with zero attached hydrogens (tertiary/aromatic N) is 3. The molecule has 0 saturated carbocycles. The molecule has 27 heavy (non-hydrogen) atoms. The molecule has 1 amide bonds. The van der Waals surface area contributed by atoms with Crippen molar-refractivity contribution in [3.8, 4) is 0 Å². The quantitative estimate of drug-likeness (QED) is 0.713. The molecule has 3 aromatic rings. The van der Waals surface area contributed by atoms with Gasteiger partial charge in [0.15, 0.2) is 5.82 Å². The number of carbonyl (C=O) groups is 1. The molecule has 138 valence electrons. The molecule has 1 aliphatic rings. The standard InChI is InChI=1S/C20H21N5O2/c1-14-12-19(24-27-14)23-18-9-4-15(13-21-18)20(26)22-16-5-7-17(8-6-16)25-10-2-3-11-25/h4-9,12-13H,2-3,10-11H2,1H3,(H,22,26)(H,21,23,24). The molecule has 0 bridgehead atoms. The van der Waals surface area contributed by atoms with Crippen LogP contribution < -0.4 is 15.5 Å². The lowest BCUT2D eigenvalue weighted by Crippen LogP contribution is -2.17. The van der Waals surface area contributed by atoms with Gasteiger partial charge >= 0.3 is 0 Å². The van der Waals surface area contributed by atoms with Crippen molar-refractivity contribution in [1.82, 2.24) is 10.1 Å². The second-order valence-corrected chi connectivity index (χ2v) is 6.58. The van der Waals surface area contributed by atoms with Crippen LogP contribution in [0.2, 0.25) is 0 Å².